The van der Waals surface area contributed by atoms with Crippen molar-refractivity contribution < 1.29 is 13.9 Å². The molecule has 2 aromatic rings. The van der Waals surface area contributed by atoms with Gasteiger partial charge in [0.2, 0.25) is 0 Å². The number of halogens is 2. The molecule has 88 valence electrons. The Labute approximate surface area is 96.8 Å². The summed E-state index contributed by atoms with van der Waals surface area (Å²) in [6.45, 7) is 3.46. The first-order valence-corrected chi connectivity index (χ1v) is 4.97. The van der Waals surface area contributed by atoms with Crippen molar-refractivity contribution in [1.29, 1.82) is 0 Å². The Morgan fingerprint density at radius 1 is 1.00 bits per heavy atom. The maximum absolute atomic E-state index is 13.3. The molecule has 0 saturated carbocycles. The number of phenols is 1. The van der Waals surface area contributed by atoms with Crippen LogP contribution in [0.2, 0.25) is 0 Å². The Morgan fingerprint density at radius 2 is 1.47 bits per heavy atom. The zero-order valence-corrected chi connectivity index (χ0v) is 9.33. The Bertz CT molecular complexity index is 541. The van der Waals surface area contributed by atoms with Gasteiger partial charge in [0.05, 0.1) is 0 Å². The fourth-order valence-corrected chi connectivity index (χ4v) is 1.72. The molecule has 0 unspecified atom stereocenters. The van der Waals surface area contributed by atoms with Crippen molar-refractivity contribution in [2.45, 2.75) is 13.8 Å². The van der Waals surface area contributed by atoms with Gasteiger partial charge < -0.3 is 5.11 Å². The number of nitrogens with zero attached hydrogens (tertiary/aromatic N) is 2. The van der Waals surface area contributed by atoms with Crippen molar-refractivity contribution in [2.24, 2.45) is 0 Å². The average molecular weight is 236 g/mol. The smallest absolute Gasteiger partial charge is 0.187 e. The second-order valence-corrected chi connectivity index (χ2v) is 3.71. The summed E-state index contributed by atoms with van der Waals surface area (Å²) in [5.74, 6) is -2.97. The molecule has 0 bridgehead atoms. The molecule has 1 aromatic heterocycles. The number of benzene rings is 1. The van der Waals surface area contributed by atoms with Crippen LogP contribution in [-0.4, -0.2) is 15.1 Å². The van der Waals surface area contributed by atoms with Crippen LogP contribution in [0.3, 0.4) is 0 Å². The molecule has 5 heteroatoms. The molecular formula is C12H10F2N2O. The zero-order valence-electron chi connectivity index (χ0n) is 9.33. The highest BCUT2D eigenvalue weighted by molar-refractivity contribution is 5.68. The molecule has 0 aliphatic carbocycles. The molecule has 0 spiro atoms. The fraction of sp³-hybridized carbons (Fsp3) is 0.167. The molecule has 1 aromatic carbocycles. The lowest BCUT2D eigenvalue weighted by Gasteiger charge is -2.09. The summed E-state index contributed by atoms with van der Waals surface area (Å²) in [4.78, 5) is 7.96. The average Bonchev–Trinajstić information content (AvgIpc) is 2.25. The third kappa shape index (κ3) is 1.95. The summed E-state index contributed by atoms with van der Waals surface area (Å²) in [6.07, 6.45) is 1.39. The van der Waals surface area contributed by atoms with Crippen molar-refractivity contribution in [2.75, 3.05) is 0 Å². The van der Waals surface area contributed by atoms with Gasteiger partial charge in [-0.2, -0.15) is 0 Å². The maximum atomic E-state index is 13.3. The van der Waals surface area contributed by atoms with E-state index in [0.717, 1.165) is 12.1 Å². The van der Waals surface area contributed by atoms with Gasteiger partial charge in [0.25, 0.3) is 0 Å². The van der Waals surface area contributed by atoms with Gasteiger partial charge in [-0.3, -0.25) is 0 Å². The lowest BCUT2D eigenvalue weighted by atomic mass is 10.0. The summed E-state index contributed by atoms with van der Waals surface area (Å²) in [7, 11) is 0. The Hall–Kier alpha value is -2.04. The molecule has 1 N–H and O–H groups in total. The third-order valence-corrected chi connectivity index (χ3v) is 2.53. The van der Waals surface area contributed by atoms with Crippen LogP contribution in [0.1, 0.15) is 11.4 Å². The number of phenolic OH excluding ortho intramolecular Hbond substituents is 1. The minimum atomic E-state index is -0.998. The summed E-state index contributed by atoms with van der Waals surface area (Å²) in [5, 5.41) is 9.04. The first-order valence-electron chi connectivity index (χ1n) is 4.97. The van der Waals surface area contributed by atoms with Crippen molar-refractivity contribution in [3.05, 3.63) is 41.5 Å². The van der Waals surface area contributed by atoms with E-state index in [4.69, 9.17) is 5.11 Å². The highest BCUT2D eigenvalue weighted by Gasteiger charge is 2.14. The first-order chi connectivity index (χ1) is 8.00. The van der Waals surface area contributed by atoms with Crippen LogP contribution in [-0.2, 0) is 0 Å². The van der Waals surface area contributed by atoms with Gasteiger partial charge >= 0.3 is 0 Å². The van der Waals surface area contributed by atoms with E-state index in [1.165, 1.54) is 6.33 Å². The van der Waals surface area contributed by atoms with E-state index in [1.54, 1.807) is 13.8 Å². The van der Waals surface area contributed by atoms with Crippen LogP contribution in [0.4, 0.5) is 8.78 Å². The van der Waals surface area contributed by atoms with E-state index < -0.39 is 17.4 Å². The van der Waals surface area contributed by atoms with Crippen LogP contribution in [0.25, 0.3) is 11.1 Å². The molecule has 17 heavy (non-hydrogen) atoms. The monoisotopic (exact) mass is 236 g/mol. The maximum Gasteiger partial charge on any atom is 0.187 e. The summed E-state index contributed by atoms with van der Waals surface area (Å²) < 4.78 is 26.5. The molecule has 2 rings (SSSR count). The van der Waals surface area contributed by atoms with Gasteiger partial charge in [0, 0.05) is 17.0 Å². The molecule has 1 heterocycles. The van der Waals surface area contributed by atoms with Gasteiger partial charge in [-0.1, -0.05) is 0 Å². The third-order valence-electron chi connectivity index (χ3n) is 2.53. The van der Waals surface area contributed by atoms with E-state index in [9.17, 15) is 8.78 Å². The van der Waals surface area contributed by atoms with E-state index in [-0.39, 0.29) is 0 Å². The van der Waals surface area contributed by atoms with E-state index >= 15 is 0 Å². The first kappa shape index (κ1) is 11.4. The lowest BCUT2D eigenvalue weighted by Crippen LogP contribution is -1.96. The van der Waals surface area contributed by atoms with E-state index in [1.807, 2.05) is 0 Å². The predicted molar refractivity (Wildman–Crippen MR) is 58.5 cm³/mol. The Balaban J connectivity index is 2.69. The summed E-state index contributed by atoms with van der Waals surface area (Å²) in [6, 6.07) is 2.13. The van der Waals surface area contributed by atoms with Crippen LogP contribution in [0, 0.1) is 25.5 Å². The normalized spacial score (nSPS) is 10.6. The van der Waals surface area contributed by atoms with Crippen LogP contribution in [0.15, 0.2) is 18.5 Å². The van der Waals surface area contributed by atoms with Crippen molar-refractivity contribution in [1.82, 2.24) is 9.97 Å². The van der Waals surface area contributed by atoms with Crippen molar-refractivity contribution in [3.63, 3.8) is 0 Å². The van der Waals surface area contributed by atoms with Gasteiger partial charge in [0.15, 0.2) is 17.4 Å². The second-order valence-electron chi connectivity index (χ2n) is 3.71. The van der Waals surface area contributed by atoms with E-state index in [0.29, 0.717) is 22.5 Å². The Morgan fingerprint density at radius 3 is 1.94 bits per heavy atom. The van der Waals surface area contributed by atoms with Gasteiger partial charge in [0.1, 0.15) is 6.33 Å². The number of aryl methyl sites for hydroxylation is 2. The fourth-order valence-electron chi connectivity index (χ4n) is 1.72. The SMILES string of the molecule is Cc1ncnc(C)c1-c1cc(F)c(O)c(F)c1. The molecule has 0 atom stereocenters. The molecule has 0 aliphatic heterocycles. The van der Waals surface area contributed by atoms with E-state index in [2.05, 4.69) is 9.97 Å². The molecule has 0 saturated heterocycles. The van der Waals surface area contributed by atoms with Crippen molar-refractivity contribution in [3.8, 4) is 16.9 Å². The van der Waals surface area contributed by atoms with Crippen LogP contribution in [0.5, 0.6) is 5.75 Å². The Kier molecular flexibility index (Phi) is 2.75. The molecule has 0 amide bonds. The lowest BCUT2D eigenvalue weighted by molar-refractivity contribution is 0.396. The largest absolute Gasteiger partial charge is 0.503 e. The standard InChI is InChI=1S/C12H10F2N2O/c1-6-11(7(2)16-5-15-6)8-3-9(13)12(17)10(14)4-8/h3-5,17H,1-2H3. The molecule has 0 aliphatic rings. The predicted octanol–water partition coefficient (Wildman–Crippen LogP) is 2.74. The number of rotatable bonds is 1. The summed E-state index contributed by atoms with van der Waals surface area (Å²) >= 11 is 0. The minimum Gasteiger partial charge on any atom is -0.503 e. The number of hydrogen-bond donors (Lipinski definition) is 1. The summed E-state index contributed by atoms with van der Waals surface area (Å²) in [5.41, 5.74) is 2.14. The minimum absolute atomic E-state index is 0.313. The van der Waals surface area contributed by atoms with Gasteiger partial charge in [-0.05, 0) is 31.5 Å². The number of hydrogen-bond acceptors (Lipinski definition) is 3. The number of aromatic hydroxyl groups is 1. The quantitative estimate of drug-likeness (QED) is 0.828. The molecule has 0 fully saturated rings. The molecular weight excluding hydrogens is 226 g/mol. The molecule has 3 nitrogen and oxygen atoms in total. The van der Waals surface area contributed by atoms with Crippen LogP contribution >= 0.6 is 0 Å². The number of aromatic nitrogens is 2. The van der Waals surface area contributed by atoms with Gasteiger partial charge in [-0.25, -0.2) is 18.7 Å². The highest BCUT2D eigenvalue weighted by Crippen LogP contribution is 2.30. The van der Waals surface area contributed by atoms with Crippen molar-refractivity contribution >= 4 is 0 Å². The topological polar surface area (TPSA) is 46.0 Å². The van der Waals surface area contributed by atoms with Gasteiger partial charge in [-0.15, -0.1) is 0 Å². The molecule has 0 radical (unpaired) electrons. The highest BCUT2D eigenvalue weighted by atomic mass is 19.1. The second kappa shape index (κ2) is 4.08. The van der Waals surface area contributed by atoms with Crippen LogP contribution < -0.4 is 0 Å². The zero-order chi connectivity index (χ0) is 12.6.